The highest BCUT2D eigenvalue weighted by atomic mass is 16.1. The topological polar surface area (TPSA) is 70.2 Å². The number of nitrogens with one attached hydrogen (secondary N) is 2. The Labute approximate surface area is 149 Å². The van der Waals surface area contributed by atoms with Gasteiger partial charge < -0.3 is 15.5 Å². The number of carbonyl (C=O) groups excluding carboxylic acids is 1. The molecule has 1 heterocycles. The van der Waals surface area contributed by atoms with Crippen LogP contribution in [-0.4, -0.2) is 35.5 Å². The molecular formula is C19H27N5O. The molecule has 0 bridgehead atoms. The van der Waals surface area contributed by atoms with Crippen LogP contribution in [0.25, 0.3) is 0 Å². The van der Waals surface area contributed by atoms with E-state index >= 15 is 0 Å². The second kappa shape index (κ2) is 9.61. The first kappa shape index (κ1) is 18.7. The van der Waals surface area contributed by atoms with Gasteiger partial charge in [0.05, 0.1) is 0 Å². The molecular weight excluding hydrogens is 314 g/mol. The molecule has 2 N–H and O–H groups in total. The molecule has 0 aliphatic heterocycles. The second-order valence-electron chi connectivity index (χ2n) is 5.72. The molecule has 0 saturated carbocycles. The highest BCUT2D eigenvalue weighted by Crippen LogP contribution is 2.19. The van der Waals surface area contributed by atoms with E-state index in [9.17, 15) is 4.79 Å². The number of aromatic nitrogens is 2. The maximum Gasteiger partial charge on any atom is 0.270 e. The third-order valence-corrected chi connectivity index (χ3v) is 3.96. The second-order valence-corrected chi connectivity index (χ2v) is 5.72. The molecule has 0 saturated heterocycles. The van der Waals surface area contributed by atoms with E-state index in [0.29, 0.717) is 18.2 Å². The van der Waals surface area contributed by atoms with Crippen LogP contribution in [0.3, 0.4) is 0 Å². The van der Waals surface area contributed by atoms with Crippen LogP contribution in [0.1, 0.15) is 44.1 Å². The summed E-state index contributed by atoms with van der Waals surface area (Å²) in [7, 11) is 0. The maximum absolute atomic E-state index is 12.1. The summed E-state index contributed by atoms with van der Waals surface area (Å²) in [6.07, 6.45) is 3.59. The van der Waals surface area contributed by atoms with Gasteiger partial charge in [-0.2, -0.15) is 0 Å². The van der Waals surface area contributed by atoms with E-state index in [1.807, 2.05) is 12.1 Å². The summed E-state index contributed by atoms with van der Waals surface area (Å²) < 4.78 is 0. The van der Waals surface area contributed by atoms with Crippen LogP contribution in [0.15, 0.2) is 36.5 Å². The molecule has 1 aromatic heterocycles. The molecule has 0 spiro atoms. The summed E-state index contributed by atoms with van der Waals surface area (Å²) in [5, 5.41) is 6.01. The number of hydrogen-bond donors (Lipinski definition) is 2. The Morgan fingerprint density at radius 2 is 1.80 bits per heavy atom. The van der Waals surface area contributed by atoms with Gasteiger partial charge in [0.25, 0.3) is 5.91 Å². The van der Waals surface area contributed by atoms with Gasteiger partial charge in [0.2, 0.25) is 5.95 Å². The lowest BCUT2D eigenvalue weighted by molar-refractivity contribution is 0.0948. The van der Waals surface area contributed by atoms with Crippen molar-refractivity contribution in [3.05, 3.63) is 42.2 Å². The van der Waals surface area contributed by atoms with Crippen LogP contribution >= 0.6 is 0 Å². The lowest BCUT2D eigenvalue weighted by atomic mass is 10.2. The molecule has 0 fully saturated rings. The van der Waals surface area contributed by atoms with Crippen molar-refractivity contribution >= 4 is 23.2 Å². The average molecular weight is 341 g/mol. The van der Waals surface area contributed by atoms with Gasteiger partial charge in [-0.05, 0) is 50.6 Å². The number of benzene rings is 1. The van der Waals surface area contributed by atoms with E-state index in [4.69, 9.17) is 0 Å². The van der Waals surface area contributed by atoms with Crippen molar-refractivity contribution in [2.24, 2.45) is 0 Å². The van der Waals surface area contributed by atoms with Gasteiger partial charge in [-0.25, -0.2) is 9.97 Å². The van der Waals surface area contributed by atoms with Crippen LogP contribution in [-0.2, 0) is 0 Å². The zero-order chi connectivity index (χ0) is 18.1. The number of rotatable bonds is 9. The van der Waals surface area contributed by atoms with Crippen molar-refractivity contribution in [3.8, 4) is 0 Å². The molecule has 0 radical (unpaired) electrons. The lowest BCUT2D eigenvalue weighted by Gasteiger charge is -2.21. The van der Waals surface area contributed by atoms with Gasteiger partial charge in [-0.15, -0.1) is 0 Å². The van der Waals surface area contributed by atoms with E-state index in [2.05, 4.69) is 58.4 Å². The van der Waals surface area contributed by atoms with Gasteiger partial charge in [0.15, 0.2) is 0 Å². The zero-order valence-corrected chi connectivity index (χ0v) is 15.2. The highest BCUT2D eigenvalue weighted by Gasteiger charge is 2.08. The fourth-order valence-corrected chi connectivity index (χ4v) is 2.49. The fraction of sp³-hybridized carbons (Fsp3) is 0.421. The van der Waals surface area contributed by atoms with Crippen molar-refractivity contribution in [3.63, 3.8) is 0 Å². The van der Waals surface area contributed by atoms with Crippen LogP contribution in [0.2, 0.25) is 0 Å². The molecule has 134 valence electrons. The minimum atomic E-state index is -0.171. The number of nitrogens with zero attached hydrogens (tertiary/aromatic N) is 3. The largest absolute Gasteiger partial charge is 0.372 e. The molecule has 2 rings (SSSR count). The fourth-order valence-electron chi connectivity index (χ4n) is 2.49. The summed E-state index contributed by atoms with van der Waals surface area (Å²) in [6, 6.07) is 9.74. The minimum Gasteiger partial charge on any atom is -0.372 e. The van der Waals surface area contributed by atoms with E-state index in [-0.39, 0.29) is 5.91 Å². The Kier molecular flexibility index (Phi) is 7.19. The van der Waals surface area contributed by atoms with Crippen LogP contribution < -0.4 is 15.5 Å². The van der Waals surface area contributed by atoms with Crippen molar-refractivity contribution in [1.29, 1.82) is 0 Å². The smallest absolute Gasteiger partial charge is 0.270 e. The predicted octanol–water partition coefficient (Wildman–Crippen LogP) is 3.60. The summed E-state index contributed by atoms with van der Waals surface area (Å²) in [6.45, 7) is 8.98. The van der Waals surface area contributed by atoms with E-state index < -0.39 is 0 Å². The van der Waals surface area contributed by atoms with Gasteiger partial charge in [0, 0.05) is 37.2 Å². The summed E-state index contributed by atoms with van der Waals surface area (Å²) in [5.41, 5.74) is 2.44. The van der Waals surface area contributed by atoms with Crippen molar-refractivity contribution in [1.82, 2.24) is 15.3 Å². The van der Waals surface area contributed by atoms with Gasteiger partial charge in [-0.3, -0.25) is 4.79 Å². The summed E-state index contributed by atoms with van der Waals surface area (Å²) >= 11 is 0. The summed E-state index contributed by atoms with van der Waals surface area (Å²) in [4.78, 5) is 22.8. The summed E-state index contributed by atoms with van der Waals surface area (Å²) in [5.74, 6) is 0.245. The molecule has 6 nitrogen and oxygen atoms in total. The van der Waals surface area contributed by atoms with Crippen molar-refractivity contribution in [2.45, 2.75) is 33.6 Å². The molecule has 0 atom stereocenters. The minimum absolute atomic E-state index is 0.171. The molecule has 2 aromatic rings. The molecule has 0 aliphatic carbocycles. The first-order chi connectivity index (χ1) is 12.2. The zero-order valence-electron chi connectivity index (χ0n) is 15.2. The first-order valence-corrected chi connectivity index (χ1v) is 8.91. The molecule has 1 aromatic carbocycles. The highest BCUT2D eigenvalue weighted by molar-refractivity contribution is 5.92. The number of carbonyl (C=O) groups is 1. The van der Waals surface area contributed by atoms with E-state index in [1.54, 1.807) is 12.3 Å². The Balaban J connectivity index is 2.03. The Bertz CT molecular complexity index is 668. The predicted molar refractivity (Wildman–Crippen MR) is 103 cm³/mol. The Morgan fingerprint density at radius 3 is 2.44 bits per heavy atom. The standard InChI is InChI=1S/C19H27N5O/c1-4-7-13-20-18(25)17-12-14-21-19(23-17)22-15-8-10-16(11-9-15)24(5-2)6-3/h8-12,14H,4-7,13H2,1-3H3,(H,20,25)(H,21,22,23). The molecule has 25 heavy (non-hydrogen) atoms. The molecule has 6 heteroatoms. The normalized spacial score (nSPS) is 10.4. The average Bonchev–Trinajstić information content (AvgIpc) is 2.64. The number of anilines is 3. The van der Waals surface area contributed by atoms with Gasteiger partial charge in [0.1, 0.15) is 5.69 Å². The molecule has 0 aliphatic rings. The van der Waals surface area contributed by atoms with Crippen LogP contribution in [0.5, 0.6) is 0 Å². The monoisotopic (exact) mass is 341 g/mol. The van der Waals surface area contributed by atoms with Crippen LogP contribution in [0, 0.1) is 0 Å². The third-order valence-electron chi connectivity index (χ3n) is 3.96. The van der Waals surface area contributed by atoms with Gasteiger partial charge in [-0.1, -0.05) is 13.3 Å². The van der Waals surface area contributed by atoms with Crippen LogP contribution in [0.4, 0.5) is 17.3 Å². The van der Waals surface area contributed by atoms with E-state index in [1.165, 1.54) is 5.69 Å². The van der Waals surface area contributed by atoms with E-state index in [0.717, 1.165) is 31.6 Å². The molecule has 1 amide bonds. The number of amides is 1. The first-order valence-electron chi connectivity index (χ1n) is 8.91. The van der Waals surface area contributed by atoms with Gasteiger partial charge >= 0.3 is 0 Å². The maximum atomic E-state index is 12.1. The Hall–Kier alpha value is -2.63. The Morgan fingerprint density at radius 1 is 1.08 bits per heavy atom. The number of unbranched alkanes of at least 4 members (excludes halogenated alkanes) is 1. The van der Waals surface area contributed by atoms with Crippen molar-refractivity contribution < 1.29 is 4.79 Å². The lowest BCUT2D eigenvalue weighted by Crippen LogP contribution is -2.25. The third kappa shape index (κ3) is 5.45. The quantitative estimate of drug-likeness (QED) is 0.682. The SMILES string of the molecule is CCCCNC(=O)c1ccnc(Nc2ccc(N(CC)CC)cc2)n1. The van der Waals surface area contributed by atoms with Crippen molar-refractivity contribution in [2.75, 3.05) is 29.9 Å². The number of hydrogen-bond acceptors (Lipinski definition) is 5. The molecule has 0 unspecified atom stereocenters.